The number of pyridine rings is 2. The number of hydrogen-bond acceptors (Lipinski definition) is 5. The zero-order valence-corrected chi connectivity index (χ0v) is 14.6. The largest absolute Gasteiger partial charge is 0.367 e. The predicted octanol–water partition coefficient (Wildman–Crippen LogP) is 4.31. The molecule has 126 valence electrons. The van der Waals surface area contributed by atoms with Gasteiger partial charge in [-0.1, -0.05) is 19.8 Å². The van der Waals surface area contributed by atoms with Gasteiger partial charge in [0.1, 0.15) is 23.4 Å². The number of hydrogen-bond donors (Lipinski definition) is 2. The van der Waals surface area contributed by atoms with E-state index in [2.05, 4.69) is 53.5 Å². The van der Waals surface area contributed by atoms with E-state index in [1.165, 1.54) is 25.7 Å². The molecule has 1 aliphatic carbocycles. The Morgan fingerprint density at radius 2 is 2.17 bits per heavy atom. The van der Waals surface area contributed by atoms with E-state index in [0.29, 0.717) is 11.7 Å². The zero-order valence-electron chi connectivity index (χ0n) is 14.6. The lowest BCUT2D eigenvalue weighted by Gasteiger charge is -2.20. The third-order valence-corrected chi connectivity index (χ3v) is 4.77. The Bertz CT molecular complexity index is 762. The van der Waals surface area contributed by atoms with Gasteiger partial charge in [-0.15, -0.1) is 0 Å². The fraction of sp³-hybridized carbons (Fsp3) is 0.526. The van der Waals surface area contributed by atoms with Crippen LogP contribution in [0.25, 0.3) is 10.8 Å². The number of aromatic nitrogens is 2. The molecule has 2 N–H and O–H groups in total. The molecule has 2 aromatic rings. The third kappa shape index (κ3) is 3.43. The van der Waals surface area contributed by atoms with E-state index in [9.17, 15) is 5.26 Å². The average molecular weight is 323 g/mol. The Hall–Kier alpha value is -2.35. The van der Waals surface area contributed by atoms with Crippen molar-refractivity contribution in [3.63, 3.8) is 0 Å². The fourth-order valence-corrected chi connectivity index (χ4v) is 3.57. The van der Waals surface area contributed by atoms with E-state index < -0.39 is 0 Å². The SMILES string of the molecule is CC[C@@H]1CCC[C@@H]1Nc1cc2c(NC(C)C)nc(C#N)cc2cn1. The van der Waals surface area contributed by atoms with E-state index in [4.69, 9.17) is 0 Å². The highest BCUT2D eigenvalue weighted by Crippen LogP contribution is 2.31. The molecule has 0 unspecified atom stereocenters. The van der Waals surface area contributed by atoms with Crippen LogP contribution >= 0.6 is 0 Å². The Morgan fingerprint density at radius 3 is 2.88 bits per heavy atom. The smallest absolute Gasteiger partial charge is 0.143 e. The normalized spacial score (nSPS) is 20.3. The average Bonchev–Trinajstić information content (AvgIpc) is 3.01. The summed E-state index contributed by atoms with van der Waals surface area (Å²) in [6, 6.07) is 6.73. The Balaban J connectivity index is 1.95. The lowest BCUT2D eigenvalue weighted by atomic mass is 10.0. The van der Waals surface area contributed by atoms with Gasteiger partial charge < -0.3 is 10.6 Å². The zero-order chi connectivity index (χ0) is 17.1. The van der Waals surface area contributed by atoms with Gasteiger partial charge in [-0.3, -0.25) is 0 Å². The van der Waals surface area contributed by atoms with Crippen molar-refractivity contribution in [1.82, 2.24) is 9.97 Å². The minimum atomic E-state index is 0.249. The van der Waals surface area contributed by atoms with Crippen molar-refractivity contribution in [3.8, 4) is 6.07 Å². The Kier molecular flexibility index (Phi) is 4.84. The van der Waals surface area contributed by atoms with E-state index in [-0.39, 0.29) is 6.04 Å². The maximum absolute atomic E-state index is 9.18. The van der Waals surface area contributed by atoms with Crippen molar-refractivity contribution in [1.29, 1.82) is 5.26 Å². The molecule has 0 radical (unpaired) electrons. The Labute approximate surface area is 143 Å². The molecular weight excluding hydrogens is 298 g/mol. The highest BCUT2D eigenvalue weighted by Gasteiger charge is 2.25. The van der Waals surface area contributed by atoms with Gasteiger partial charge in [0.15, 0.2) is 0 Å². The van der Waals surface area contributed by atoms with Crippen LogP contribution in [-0.4, -0.2) is 22.1 Å². The van der Waals surface area contributed by atoms with Gasteiger partial charge in [0.2, 0.25) is 0 Å². The number of nitrogens with one attached hydrogen (secondary N) is 2. The highest BCUT2D eigenvalue weighted by atomic mass is 15.0. The monoisotopic (exact) mass is 323 g/mol. The maximum atomic E-state index is 9.18. The standard InChI is InChI=1S/C19H25N5/c1-4-13-6-5-7-17(13)24-18-9-16-14(11-21-18)8-15(10-20)23-19(16)22-12(2)3/h8-9,11-13,17H,4-7H2,1-3H3,(H,21,24)(H,22,23)/t13-,17+/m1/s1. The summed E-state index contributed by atoms with van der Waals surface area (Å²) in [5, 5.41) is 18.1. The molecule has 0 amide bonds. The van der Waals surface area contributed by atoms with Crippen molar-refractivity contribution in [2.75, 3.05) is 10.6 Å². The molecule has 2 atom stereocenters. The maximum Gasteiger partial charge on any atom is 0.143 e. The van der Waals surface area contributed by atoms with Crippen LogP contribution in [0, 0.1) is 17.2 Å². The second-order valence-electron chi connectivity index (χ2n) is 6.91. The van der Waals surface area contributed by atoms with Gasteiger partial charge in [0.05, 0.1) is 0 Å². The van der Waals surface area contributed by atoms with Crippen molar-refractivity contribution in [2.24, 2.45) is 5.92 Å². The summed E-state index contributed by atoms with van der Waals surface area (Å²) >= 11 is 0. The van der Waals surface area contributed by atoms with Gasteiger partial charge in [-0.25, -0.2) is 9.97 Å². The lowest BCUT2D eigenvalue weighted by molar-refractivity contribution is 0.488. The van der Waals surface area contributed by atoms with Crippen LogP contribution in [0.15, 0.2) is 18.3 Å². The van der Waals surface area contributed by atoms with Crippen LogP contribution in [0.5, 0.6) is 0 Å². The molecule has 0 aromatic carbocycles. The molecule has 2 heterocycles. The highest BCUT2D eigenvalue weighted by molar-refractivity contribution is 5.93. The first kappa shape index (κ1) is 16.5. The summed E-state index contributed by atoms with van der Waals surface area (Å²) in [6.07, 6.45) is 6.84. The third-order valence-electron chi connectivity index (χ3n) is 4.77. The first-order valence-electron chi connectivity index (χ1n) is 8.84. The first-order valence-corrected chi connectivity index (χ1v) is 8.84. The summed E-state index contributed by atoms with van der Waals surface area (Å²) in [5.74, 6) is 2.38. The summed E-state index contributed by atoms with van der Waals surface area (Å²) in [5.41, 5.74) is 0.412. The summed E-state index contributed by atoms with van der Waals surface area (Å²) in [6.45, 7) is 6.39. The molecule has 1 saturated carbocycles. The molecule has 5 nitrogen and oxygen atoms in total. The number of anilines is 2. The minimum absolute atomic E-state index is 0.249. The van der Waals surface area contributed by atoms with Crippen LogP contribution in [0.2, 0.25) is 0 Å². The number of fused-ring (bicyclic) bond motifs is 1. The van der Waals surface area contributed by atoms with Gasteiger partial charge in [0, 0.05) is 29.1 Å². The van der Waals surface area contributed by atoms with E-state index >= 15 is 0 Å². The number of rotatable bonds is 5. The Morgan fingerprint density at radius 1 is 1.33 bits per heavy atom. The quantitative estimate of drug-likeness (QED) is 0.857. The predicted molar refractivity (Wildman–Crippen MR) is 98.1 cm³/mol. The van der Waals surface area contributed by atoms with Gasteiger partial charge >= 0.3 is 0 Å². The van der Waals surface area contributed by atoms with E-state index in [0.717, 1.165) is 28.3 Å². The molecule has 0 saturated heterocycles. The van der Waals surface area contributed by atoms with Crippen molar-refractivity contribution in [3.05, 3.63) is 24.0 Å². The summed E-state index contributed by atoms with van der Waals surface area (Å²) in [4.78, 5) is 8.99. The van der Waals surface area contributed by atoms with Gasteiger partial charge in [-0.2, -0.15) is 5.26 Å². The first-order chi connectivity index (χ1) is 11.6. The molecule has 24 heavy (non-hydrogen) atoms. The molecule has 2 aromatic heterocycles. The molecule has 5 heteroatoms. The van der Waals surface area contributed by atoms with Crippen molar-refractivity contribution >= 4 is 22.4 Å². The van der Waals surface area contributed by atoms with E-state index in [1.54, 1.807) is 6.07 Å². The lowest BCUT2D eigenvalue weighted by Crippen LogP contribution is -2.24. The topological polar surface area (TPSA) is 73.6 Å². The van der Waals surface area contributed by atoms with Crippen LogP contribution in [0.3, 0.4) is 0 Å². The second kappa shape index (κ2) is 7.04. The molecule has 3 rings (SSSR count). The molecule has 0 aliphatic heterocycles. The van der Waals surface area contributed by atoms with Crippen LogP contribution in [0.4, 0.5) is 11.6 Å². The summed E-state index contributed by atoms with van der Waals surface area (Å²) < 4.78 is 0. The van der Waals surface area contributed by atoms with E-state index in [1.807, 2.05) is 6.20 Å². The second-order valence-corrected chi connectivity index (χ2v) is 6.91. The van der Waals surface area contributed by atoms with Crippen LogP contribution in [0.1, 0.15) is 52.1 Å². The summed E-state index contributed by atoms with van der Waals surface area (Å²) in [7, 11) is 0. The molecular formula is C19H25N5. The minimum Gasteiger partial charge on any atom is -0.367 e. The van der Waals surface area contributed by atoms with Crippen molar-refractivity contribution in [2.45, 2.75) is 58.5 Å². The van der Waals surface area contributed by atoms with Gasteiger partial charge in [-0.05, 0) is 44.7 Å². The molecule has 1 fully saturated rings. The fourth-order valence-electron chi connectivity index (χ4n) is 3.57. The molecule has 1 aliphatic rings. The number of nitrogens with zero attached hydrogens (tertiary/aromatic N) is 3. The van der Waals surface area contributed by atoms with Crippen LogP contribution in [-0.2, 0) is 0 Å². The van der Waals surface area contributed by atoms with Crippen molar-refractivity contribution < 1.29 is 0 Å². The van der Waals surface area contributed by atoms with Gasteiger partial charge in [0.25, 0.3) is 0 Å². The molecule has 0 spiro atoms. The number of nitriles is 1. The van der Waals surface area contributed by atoms with Crippen LogP contribution < -0.4 is 10.6 Å². The molecule has 0 bridgehead atoms.